The lowest BCUT2D eigenvalue weighted by Gasteiger charge is -2.21. The molecule has 1 atom stereocenters. The van der Waals surface area contributed by atoms with E-state index in [1.807, 2.05) is 61.0 Å². The Morgan fingerprint density at radius 1 is 1.16 bits per heavy atom. The molecule has 0 unspecified atom stereocenters. The molecule has 2 aromatic heterocycles. The van der Waals surface area contributed by atoms with Crippen LogP contribution in [0.1, 0.15) is 18.0 Å². The highest BCUT2D eigenvalue weighted by Crippen LogP contribution is 2.24. The second-order valence-electron chi connectivity index (χ2n) is 6.09. The molecule has 0 aliphatic carbocycles. The lowest BCUT2D eigenvalue weighted by Crippen LogP contribution is -2.32. The number of thiazole rings is 1. The lowest BCUT2D eigenvalue weighted by atomic mass is 10.2. The van der Waals surface area contributed by atoms with Crippen molar-refractivity contribution >= 4 is 38.5 Å². The number of likely N-dealkylation sites (N-methyl/N-ethyl adjacent to an activating group) is 1. The van der Waals surface area contributed by atoms with Gasteiger partial charge in [0.05, 0.1) is 34.1 Å². The van der Waals surface area contributed by atoms with Crippen LogP contribution in [-0.4, -0.2) is 32.4 Å². The van der Waals surface area contributed by atoms with Gasteiger partial charge in [-0.1, -0.05) is 24.3 Å². The van der Waals surface area contributed by atoms with Crippen molar-refractivity contribution < 1.29 is 4.79 Å². The second kappa shape index (κ2) is 6.29. The molecule has 5 nitrogen and oxygen atoms in total. The van der Waals surface area contributed by atoms with Crippen molar-refractivity contribution in [2.24, 2.45) is 0 Å². The van der Waals surface area contributed by atoms with E-state index in [4.69, 9.17) is 0 Å². The first kappa shape index (κ1) is 15.8. The summed E-state index contributed by atoms with van der Waals surface area (Å²) in [7, 11) is 1.82. The van der Waals surface area contributed by atoms with Crippen molar-refractivity contribution in [3.05, 3.63) is 59.9 Å². The molecule has 25 heavy (non-hydrogen) atoms. The van der Waals surface area contributed by atoms with Crippen LogP contribution in [0.3, 0.4) is 0 Å². The third-order valence-electron chi connectivity index (χ3n) is 4.34. The van der Waals surface area contributed by atoms with Crippen molar-refractivity contribution in [3.63, 3.8) is 0 Å². The summed E-state index contributed by atoms with van der Waals surface area (Å²) in [5.74, 6) is 0.0439. The number of hydrogen-bond donors (Lipinski definition) is 0. The maximum absolute atomic E-state index is 12.9. The number of nitrogens with zero attached hydrogens (tertiary/aromatic N) is 4. The first-order chi connectivity index (χ1) is 12.1. The molecule has 0 spiro atoms. The Kier molecular flexibility index (Phi) is 3.97. The number of imidazole rings is 1. The fourth-order valence-electron chi connectivity index (χ4n) is 2.99. The van der Waals surface area contributed by atoms with Crippen LogP contribution < -0.4 is 0 Å². The summed E-state index contributed by atoms with van der Waals surface area (Å²) in [6.45, 7) is 2.42. The largest absolute Gasteiger partial charge is 0.337 e. The fourth-order valence-corrected chi connectivity index (χ4v) is 4.01. The molecule has 0 N–H and O–H groups in total. The van der Waals surface area contributed by atoms with E-state index in [0.717, 1.165) is 26.3 Å². The Bertz CT molecular complexity index is 1020. The van der Waals surface area contributed by atoms with Gasteiger partial charge >= 0.3 is 0 Å². The van der Waals surface area contributed by atoms with Gasteiger partial charge in [0.25, 0.3) is 0 Å². The van der Waals surface area contributed by atoms with Gasteiger partial charge in [0.15, 0.2) is 0 Å². The molecule has 0 saturated carbocycles. The highest BCUT2D eigenvalue weighted by atomic mass is 32.1. The van der Waals surface area contributed by atoms with Crippen molar-refractivity contribution in [1.82, 2.24) is 19.4 Å². The number of para-hydroxylation sites is 3. The molecule has 0 aliphatic rings. The van der Waals surface area contributed by atoms with Gasteiger partial charge in [0.1, 0.15) is 11.0 Å². The molecular weight excluding hydrogens is 332 g/mol. The molecule has 0 aliphatic heterocycles. The number of amides is 1. The highest BCUT2D eigenvalue weighted by Gasteiger charge is 2.21. The Morgan fingerprint density at radius 3 is 2.68 bits per heavy atom. The van der Waals surface area contributed by atoms with E-state index >= 15 is 0 Å². The maximum atomic E-state index is 12.9. The van der Waals surface area contributed by atoms with Crippen LogP contribution in [0.25, 0.3) is 21.3 Å². The predicted molar refractivity (Wildman–Crippen MR) is 101 cm³/mol. The average molecular weight is 350 g/mol. The number of carbonyl (C=O) groups excluding carboxylic acids is 1. The zero-order chi connectivity index (χ0) is 17.4. The van der Waals surface area contributed by atoms with E-state index in [9.17, 15) is 4.79 Å². The first-order valence-electron chi connectivity index (χ1n) is 8.14. The second-order valence-corrected chi connectivity index (χ2v) is 7.20. The monoisotopic (exact) mass is 350 g/mol. The minimum atomic E-state index is -0.313. The van der Waals surface area contributed by atoms with E-state index in [0.29, 0.717) is 6.54 Å². The van der Waals surface area contributed by atoms with E-state index < -0.39 is 0 Å². The third kappa shape index (κ3) is 2.89. The summed E-state index contributed by atoms with van der Waals surface area (Å²) >= 11 is 1.63. The van der Waals surface area contributed by atoms with Crippen LogP contribution in [0.5, 0.6) is 0 Å². The van der Waals surface area contributed by atoms with E-state index in [2.05, 4.69) is 16.0 Å². The van der Waals surface area contributed by atoms with Crippen LogP contribution in [0.4, 0.5) is 0 Å². The van der Waals surface area contributed by atoms with E-state index in [1.54, 1.807) is 22.6 Å². The van der Waals surface area contributed by atoms with Crippen molar-refractivity contribution in [2.45, 2.75) is 19.5 Å². The minimum Gasteiger partial charge on any atom is -0.337 e. The average Bonchev–Trinajstić information content (AvgIpc) is 3.23. The summed E-state index contributed by atoms with van der Waals surface area (Å²) in [6.07, 6.45) is 1.73. The molecule has 4 aromatic rings. The predicted octanol–water partition coefficient (Wildman–Crippen LogP) is 3.87. The molecule has 4 rings (SSSR count). The van der Waals surface area contributed by atoms with Gasteiger partial charge < -0.3 is 9.47 Å². The topological polar surface area (TPSA) is 51.0 Å². The van der Waals surface area contributed by atoms with Crippen molar-refractivity contribution in [1.29, 1.82) is 0 Å². The smallest absolute Gasteiger partial charge is 0.245 e. The van der Waals surface area contributed by atoms with Gasteiger partial charge in [-0.05, 0) is 31.2 Å². The Hall–Kier alpha value is -2.73. The summed E-state index contributed by atoms with van der Waals surface area (Å²) in [5.41, 5.74) is 2.85. The molecule has 0 radical (unpaired) electrons. The zero-order valence-electron chi connectivity index (χ0n) is 14.1. The van der Waals surface area contributed by atoms with E-state index in [-0.39, 0.29) is 11.9 Å². The number of carbonyl (C=O) groups is 1. The first-order valence-corrected chi connectivity index (χ1v) is 8.96. The quantitative estimate of drug-likeness (QED) is 0.561. The summed E-state index contributed by atoms with van der Waals surface area (Å²) in [5, 5.41) is 0.944. The number of rotatable bonds is 4. The van der Waals surface area contributed by atoms with Crippen molar-refractivity contribution in [3.8, 4) is 0 Å². The van der Waals surface area contributed by atoms with Crippen LogP contribution in [0.2, 0.25) is 0 Å². The Labute approximate surface area is 149 Å². The van der Waals surface area contributed by atoms with Gasteiger partial charge in [0.2, 0.25) is 5.91 Å². The summed E-state index contributed by atoms with van der Waals surface area (Å²) in [6, 6.07) is 15.6. The summed E-state index contributed by atoms with van der Waals surface area (Å²) in [4.78, 5) is 23.6. The number of hydrogen-bond acceptors (Lipinski definition) is 4. The van der Waals surface area contributed by atoms with Gasteiger partial charge in [-0.3, -0.25) is 4.79 Å². The van der Waals surface area contributed by atoms with Crippen molar-refractivity contribution in [2.75, 3.05) is 7.05 Å². The van der Waals surface area contributed by atoms with Crippen LogP contribution >= 0.6 is 11.3 Å². The molecular formula is C19H18N4OS. The third-order valence-corrected chi connectivity index (χ3v) is 5.36. The minimum absolute atomic E-state index is 0.0439. The normalized spacial score (nSPS) is 12.6. The van der Waals surface area contributed by atoms with Crippen LogP contribution in [0, 0.1) is 0 Å². The lowest BCUT2D eigenvalue weighted by molar-refractivity contribution is -0.133. The molecule has 0 bridgehead atoms. The Morgan fingerprint density at radius 2 is 1.88 bits per heavy atom. The van der Waals surface area contributed by atoms with Crippen LogP contribution in [-0.2, 0) is 11.3 Å². The molecule has 0 fully saturated rings. The molecule has 6 heteroatoms. The van der Waals surface area contributed by atoms with Gasteiger partial charge in [-0.2, -0.15) is 0 Å². The van der Waals surface area contributed by atoms with Gasteiger partial charge in [-0.15, -0.1) is 11.3 Å². The molecule has 2 heterocycles. The molecule has 2 aromatic carbocycles. The van der Waals surface area contributed by atoms with Crippen LogP contribution in [0.15, 0.2) is 54.9 Å². The SMILES string of the molecule is C[C@@H](C(=O)N(C)Cc1nc2ccccc2s1)n1cnc2ccccc21. The highest BCUT2D eigenvalue weighted by molar-refractivity contribution is 7.18. The number of aromatic nitrogens is 3. The molecule has 0 saturated heterocycles. The number of fused-ring (bicyclic) bond motifs is 2. The molecule has 1 amide bonds. The standard InChI is InChI=1S/C19H18N4OS/c1-13(23-12-20-14-7-3-5-9-16(14)23)19(24)22(2)11-18-21-15-8-4-6-10-17(15)25-18/h3-10,12-13H,11H2,1-2H3/t13-/m0/s1. The van der Waals surface area contributed by atoms with E-state index in [1.165, 1.54) is 0 Å². The van der Waals surface area contributed by atoms with Gasteiger partial charge in [0, 0.05) is 7.05 Å². The van der Waals surface area contributed by atoms with Gasteiger partial charge in [-0.25, -0.2) is 9.97 Å². The Balaban J connectivity index is 1.55. The summed E-state index contributed by atoms with van der Waals surface area (Å²) < 4.78 is 3.07. The maximum Gasteiger partial charge on any atom is 0.245 e. The fraction of sp³-hybridized carbons (Fsp3) is 0.211. The number of benzene rings is 2. The molecule has 126 valence electrons. The zero-order valence-corrected chi connectivity index (χ0v) is 14.9.